The van der Waals surface area contributed by atoms with Crippen LogP contribution in [0.4, 0.5) is 0 Å². The molecule has 6 rings (SSSR count). The molecule has 3 aromatic heterocycles. The highest BCUT2D eigenvalue weighted by Crippen LogP contribution is 2.39. The van der Waals surface area contributed by atoms with E-state index in [2.05, 4.69) is 0 Å². The first-order chi connectivity index (χ1) is 16.5. The van der Waals surface area contributed by atoms with Crippen molar-refractivity contribution in [3.8, 4) is 17.1 Å². The van der Waals surface area contributed by atoms with E-state index in [0.29, 0.717) is 44.7 Å². The van der Waals surface area contributed by atoms with E-state index in [9.17, 15) is 19.5 Å². The number of carbonyl (C=O) groups excluding carboxylic acids is 2. The maximum absolute atomic E-state index is 13.6. The lowest BCUT2D eigenvalue weighted by molar-refractivity contribution is -0.146. The minimum Gasteiger partial charge on any atom is -0.497 e. The van der Waals surface area contributed by atoms with Crippen molar-refractivity contribution in [3.63, 3.8) is 0 Å². The normalized spacial score (nSPS) is 16.4. The Hall–Kier alpha value is -4.24. The topological polar surface area (TPSA) is 121 Å². The molecular weight excluding hydrogens is 440 g/mol. The molecule has 0 radical (unpaired) electrons. The highest BCUT2D eigenvalue weighted by atomic mass is 16.5. The lowest BCUT2D eigenvalue weighted by Crippen LogP contribution is -2.25. The van der Waals surface area contributed by atoms with Crippen molar-refractivity contribution in [2.24, 2.45) is 0 Å². The first-order valence-corrected chi connectivity index (χ1v) is 10.7. The number of nitrogens with zero attached hydrogens (tertiary/aromatic N) is 2. The number of furan rings is 1. The van der Waals surface area contributed by atoms with Gasteiger partial charge >= 0.3 is 5.97 Å². The van der Waals surface area contributed by atoms with E-state index < -0.39 is 17.6 Å². The Labute approximate surface area is 192 Å². The van der Waals surface area contributed by atoms with Gasteiger partial charge in [-0.05, 0) is 42.0 Å². The summed E-state index contributed by atoms with van der Waals surface area (Å²) in [5.74, 6) is -0.178. The number of ketones is 1. The molecule has 0 amide bonds. The third-order valence-corrected chi connectivity index (χ3v) is 6.36. The summed E-state index contributed by atoms with van der Waals surface area (Å²) in [5, 5.41) is 11.1. The summed E-state index contributed by atoms with van der Waals surface area (Å²) in [7, 11) is 1.54. The van der Waals surface area contributed by atoms with Gasteiger partial charge in [0.15, 0.2) is 5.76 Å². The number of hydrogen-bond donors (Lipinski definition) is 1. The van der Waals surface area contributed by atoms with Gasteiger partial charge in [0.2, 0.25) is 5.78 Å². The number of rotatable bonds is 3. The maximum Gasteiger partial charge on any atom is 0.309 e. The first kappa shape index (κ1) is 20.4. The lowest BCUT2D eigenvalue weighted by Gasteiger charge is -2.13. The van der Waals surface area contributed by atoms with Crippen molar-refractivity contribution in [1.29, 1.82) is 0 Å². The van der Waals surface area contributed by atoms with E-state index in [1.165, 1.54) is 17.9 Å². The molecule has 0 fully saturated rings. The molecule has 0 saturated carbocycles. The van der Waals surface area contributed by atoms with Gasteiger partial charge in [0, 0.05) is 16.5 Å². The van der Waals surface area contributed by atoms with Crippen LogP contribution in [-0.4, -0.2) is 33.5 Å². The van der Waals surface area contributed by atoms with E-state index in [4.69, 9.17) is 18.9 Å². The predicted molar refractivity (Wildman–Crippen MR) is 119 cm³/mol. The monoisotopic (exact) mass is 458 g/mol. The summed E-state index contributed by atoms with van der Waals surface area (Å²) < 4.78 is 17.4. The highest BCUT2D eigenvalue weighted by molar-refractivity contribution is 6.17. The number of pyridine rings is 2. The van der Waals surface area contributed by atoms with E-state index in [-0.39, 0.29) is 36.7 Å². The minimum atomic E-state index is -1.17. The molecular formula is C25H18N2O7. The number of benzene rings is 1. The zero-order valence-electron chi connectivity index (χ0n) is 18.0. The van der Waals surface area contributed by atoms with Crippen LogP contribution < -0.4 is 10.3 Å². The van der Waals surface area contributed by atoms with Crippen molar-refractivity contribution >= 4 is 22.7 Å². The average Bonchev–Trinajstić information content (AvgIpc) is 3.46. The van der Waals surface area contributed by atoms with Gasteiger partial charge in [-0.25, -0.2) is 4.98 Å². The van der Waals surface area contributed by atoms with Crippen LogP contribution >= 0.6 is 0 Å². The van der Waals surface area contributed by atoms with E-state index in [1.807, 2.05) is 0 Å². The van der Waals surface area contributed by atoms with E-state index >= 15 is 0 Å². The molecule has 0 aliphatic carbocycles. The van der Waals surface area contributed by atoms with Gasteiger partial charge in [0.05, 0.1) is 54.9 Å². The number of esters is 1. The zero-order chi connectivity index (χ0) is 23.6. The molecule has 1 N–H and O–H groups in total. The number of fused-ring (bicyclic) bond motifs is 5. The van der Waals surface area contributed by atoms with Crippen LogP contribution in [0.1, 0.15) is 45.3 Å². The van der Waals surface area contributed by atoms with Gasteiger partial charge < -0.3 is 23.6 Å². The second-order valence-corrected chi connectivity index (χ2v) is 8.24. The Bertz CT molecular complexity index is 1570. The molecule has 0 bridgehead atoms. The Balaban J connectivity index is 1.64. The second-order valence-electron chi connectivity index (χ2n) is 8.24. The standard InChI is InChI=1S/C25H18N2O7/c1-32-12-4-5-17-14(7-12)22(24(30)20-3-2-6-33-20)15-10-27-18(23(15)26-17)8-13-16(25(27)31)11-34-21(29)9-19(13)28/h2-8,19,28H,9-11H2,1H3/t19-/m1/s1. The molecule has 9 heteroatoms. The largest absolute Gasteiger partial charge is 0.497 e. The fourth-order valence-electron chi connectivity index (χ4n) is 4.71. The van der Waals surface area contributed by atoms with Crippen LogP contribution in [0.15, 0.2) is 51.9 Å². The van der Waals surface area contributed by atoms with Crippen LogP contribution in [0.5, 0.6) is 5.75 Å². The molecule has 170 valence electrons. The molecule has 5 heterocycles. The van der Waals surface area contributed by atoms with Crippen LogP contribution in [0, 0.1) is 0 Å². The molecule has 0 saturated heterocycles. The van der Waals surface area contributed by atoms with E-state index in [1.54, 1.807) is 36.4 Å². The van der Waals surface area contributed by atoms with Crippen LogP contribution in [-0.2, 0) is 22.7 Å². The van der Waals surface area contributed by atoms with Gasteiger partial charge in [-0.1, -0.05) is 0 Å². The second kappa shape index (κ2) is 7.39. The number of hydrogen-bond acceptors (Lipinski definition) is 8. The molecule has 1 atom stereocenters. The predicted octanol–water partition coefficient (Wildman–Crippen LogP) is 2.74. The smallest absolute Gasteiger partial charge is 0.309 e. The van der Waals surface area contributed by atoms with Gasteiger partial charge in [0.25, 0.3) is 5.56 Å². The highest BCUT2D eigenvalue weighted by Gasteiger charge is 2.34. The molecule has 1 aromatic carbocycles. The first-order valence-electron chi connectivity index (χ1n) is 10.7. The summed E-state index contributed by atoms with van der Waals surface area (Å²) >= 11 is 0. The molecule has 4 aromatic rings. The van der Waals surface area contributed by atoms with Crippen LogP contribution in [0.3, 0.4) is 0 Å². The van der Waals surface area contributed by atoms with Crippen LogP contribution in [0.2, 0.25) is 0 Å². The number of aliphatic hydroxyl groups excluding tert-OH is 1. The fraction of sp³-hybridized carbons (Fsp3) is 0.200. The minimum absolute atomic E-state index is 0.1000. The number of cyclic esters (lactones) is 1. The zero-order valence-corrected chi connectivity index (χ0v) is 18.0. The summed E-state index contributed by atoms with van der Waals surface area (Å²) in [6.45, 7) is -0.117. The molecule has 34 heavy (non-hydrogen) atoms. The summed E-state index contributed by atoms with van der Waals surface area (Å²) in [6, 6.07) is 10.1. The number of methoxy groups -OCH3 is 1. The third kappa shape index (κ3) is 2.90. The summed E-state index contributed by atoms with van der Waals surface area (Å²) in [4.78, 5) is 43.5. The van der Waals surface area contributed by atoms with Gasteiger partial charge in [-0.15, -0.1) is 0 Å². The fourth-order valence-corrected chi connectivity index (χ4v) is 4.71. The Kier molecular flexibility index (Phi) is 4.43. The number of aromatic nitrogens is 2. The van der Waals surface area contributed by atoms with Gasteiger partial charge in [-0.2, -0.15) is 0 Å². The van der Waals surface area contributed by atoms with Crippen molar-refractivity contribution in [2.45, 2.75) is 25.7 Å². The van der Waals surface area contributed by atoms with Gasteiger partial charge in [-0.3, -0.25) is 14.4 Å². The maximum atomic E-state index is 13.6. The quantitative estimate of drug-likeness (QED) is 0.324. The van der Waals surface area contributed by atoms with Crippen molar-refractivity contribution in [1.82, 2.24) is 9.55 Å². The Morgan fingerprint density at radius 1 is 1.21 bits per heavy atom. The molecule has 0 spiro atoms. The molecule has 9 nitrogen and oxygen atoms in total. The van der Waals surface area contributed by atoms with Gasteiger partial charge in [0.1, 0.15) is 12.4 Å². The van der Waals surface area contributed by atoms with Crippen LogP contribution in [0.25, 0.3) is 22.3 Å². The summed E-state index contributed by atoms with van der Waals surface area (Å²) in [6.07, 6.45) is 0.0216. The number of ether oxygens (including phenoxy) is 2. The average molecular weight is 458 g/mol. The van der Waals surface area contributed by atoms with Crippen molar-refractivity contribution in [3.05, 3.63) is 81.0 Å². The molecule has 2 aliphatic rings. The van der Waals surface area contributed by atoms with Crippen molar-refractivity contribution < 1.29 is 28.6 Å². The van der Waals surface area contributed by atoms with E-state index in [0.717, 1.165) is 0 Å². The SMILES string of the molecule is COc1ccc2nc3c(c(C(=O)c4ccco4)c2c1)Cn1c-3cc2c(c1=O)COC(=O)C[C@H]2O. The van der Waals surface area contributed by atoms with Crippen molar-refractivity contribution in [2.75, 3.05) is 7.11 Å². The number of aliphatic hydroxyl groups is 1. The lowest BCUT2D eigenvalue weighted by atomic mass is 9.95. The molecule has 2 aliphatic heterocycles. The molecule has 0 unspecified atom stereocenters. The number of carbonyl (C=O) groups is 2. The Morgan fingerprint density at radius 2 is 2.06 bits per heavy atom. The Morgan fingerprint density at radius 3 is 2.82 bits per heavy atom. The third-order valence-electron chi connectivity index (χ3n) is 6.36. The summed E-state index contributed by atoms with van der Waals surface area (Å²) in [5.41, 5.74) is 2.60.